The number of rotatable bonds is 4. The molecule has 1 rings (SSSR count). The van der Waals surface area contributed by atoms with Gasteiger partial charge in [-0.15, -0.1) is 0 Å². The van der Waals surface area contributed by atoms with Gasteiger partial charge < -0.3 is 5.73 Å². The number of hydrogen-bond acceptors (Lipinski definition) is 3. The van der Waals surface area contributed by atoms with E-state index >= 15 is 0 Å². The van der Waals surface area contributed by atoms with Gasteiger partial charge in [-0.3, -0.25) is 19.1 Å². The number of nitrogens with zero attached hydrogens (tertiary/aromatic N) is 1. The van der Waals surface area contributed by atoms with Crippen LogP contribution in [0.1, 0.15) is 18.9 Å². The van der Waals surface area contributed by atoms with Crippen molar-refractivity contribution in [1.82, 2.24) is 9.55 Å². The summed E-state index contributed by atoms with van der Waals surface area (Å²) < 4.78 is 1.28. The second kappa shape index (κ2) is 4.59. The maximum Gasteiger partial charge on any atom is 0.328 e. The first kappa shape index (κ1) is 11.2. The van der Waals surface area contributed by atoms with Crippen LogP contribution in [0.5, 0.6) is 0 Å². The van der Waals surface area contributed by atoms with E-state index in [0.29, 0.717) is 12.0 Å². The van der Waals surface area contributed by atoms with Crippen molar-refractivity contribution >= 4 is 5.91 Å². The molecule has 0 aromatic carbocycles. The van der Waals surface area contributed by atoms with Gasteiger partial charge in [0.15, 0.2) is 0 Å². The Morgan fingerprint density at radius 3 is 2.73 bits per heavy atom. The molecule has 0 spiro atoms. The lowest BCUT2D eigenvalue weighted by Crippen LogP contribution is -2.32. The van der Waals surface area contributed by atoms with Crippen LogP contribution in [-0.4, -0.2) is 15.5 Å². The summed E-state index contributed by atoms with van der Waals surface area (Å²) in [7, 11) is 0. The molecule has 6 heteroatoms. The third kappa shape index (κ3) is 2.80. The van der Waals surface area contributed by atoms with Crippen LogP contribution in [-0.2, 0) is 17.8 Å². The Balaban J connectivity index is 3.03. The molecular weight excluding hydrogens is 198 g/mol. The minimum absolute atomic E-state index is 0.0785. The summed E-state index contributed by atoms with van der Waals surface area (Å²) in [6, 6.07) is 0. The third-order valence-electron chi connectivity index (χ3n) is 2.06. The van der Waals surface area contributed by atoms with E-state index in [9.17, 15) is 14.4 Å². The van der Waals surface area contributed by atoms with Crippen LogP contribution < -0.4 is 17.0 Å². The minimum Gasteiger partial charge on any atom is -0.370 e. The van der Waals surface area contributed by atoms with E-state index in [4.69, 9.17) is 5.73 Å². The fourth-order valence-corrected chi connectivity index (χ4v) is 1.20. The number of hydrogen-bond donors (Lipinski definition) is 2. The highest BCUT2D eigenvalue weighted by molar-refractivity contribution is 5.73. The van der Waals surface area contributed by atoms with Gasteiger partial charge in [-0.25, -0.2) is 4.79 Å². The second-order valence-electron chi connectivity index (χ2n) is 3.18. The van der Waals surface area contributed by atoms with Gasteiger partial charge in [-0.05, 0) is 6.42 Å². The molecule has 0 unspecified atom stereocenters. The van der Waals surface area contributed by atoms with Crippen molar-refractivity contribution in [2.75, 3.05) is 0 Å². The fraction of sp³-hybridized carbons (Fsp3) is 0.444. The molecule has 1 heterocycles. The van der Waals surface area contributed by atoms with E-state index in [1.165, 1.54) is 10.8 Å². The normalized spacial score (nSPS) is 10.2. The minimum atomic E-state index is -0.515. The van der Waals surface area contributed by atoms with Crippen molar-refractivity contribution in [3.63, 3.8) is 0 Å². The number of nitrogens with two attached hydrogens (primary N) is 1. The van der Waals surface area contributed by atoms with Crippen LogP contribution in [0.3, 0.4) is 0 Å². The molecule has 0 saturated carbocycles. The Morgan fingerprint density at radius 2 is 2.20 bits per heavy atom. The summed E-state index contributed by atoms with van der Waals surface area (Å²) in [6.45, 7) is 2.01. The molecule has 15 heavy (non-hydrogen) atoms. The van der Waals surface area contributed by atoms with Gasteiger partial charge in [0.05, 0.1) is 0 Å². The highest BCUT2D eigenvalue weighted by atomic mass is 16.2. The van der Waals surface area contributed by atoms with Gasteiger partial charge in [0.2, 0.25) is 5.91 Å². The Hall–Kier alpha value is -1.85. The molecule has 82 valence electrons. The largest absolute Gasteiger partial charge is 0.370 e. The molecule has 0 aliphatic heterocycles. The molecule has 0 aliphatic rings. The van der Waals surface area contributed by atoms with E-state index in [-0.39, 0.29) is 18.5 Å². The molecule has 0 fully saturated rings. The number of carbonyl (C=O) groups is 1. The van der Waals surface area contributed by atoms with Gasteiger partial charge in [0, 0.05) is 24.7 Å². The van der Waals surface area contributed by atoms with Gasteiger partial charge in [-0.1, -0.05) is 6.92 Å². The second-order valence-corrected chi connectivity index (χ2v) is 3.18. The van der Waals surface area contributed by atoms with Crippen LogP contribution in [0.15, 0.2) is 15.8 Å². The van der Waals surface area contributed by atoms with Gasteiger partial charge in [-0.2, -0.15) is 0 Å². The number of H-pyrrole nitrogens is 1. The summed E-state index contributed by atoms with van der Waals surface area (Å²) in [6.07, 6.45) is 2.07. The fourth-order valence-electron chi connectivity index (χ4n) is 1.20. The van der Waals surface area contributed by atoms with E-state index in [2.05, 4.69) is 4.98 Å². The zero-order valence-corrected chi connectivity index (χ0v) is 8.45. The van der Waals surface area contributed by atoms with Crippen molar-refractivity contribution in [3.05, 3.63) is 32.6 Å². The number of aryl methyl sites for hydroxylation is 2. The highest BCUT2D eigenvalue weighted by Gasteiger charge is 2.03. The first-order valence-electron chi connectivity index (χ1n) is 4.65. The maximum absolute atomic E-state index is 11.3. The number of primary amides is 1. The Kier molecular flexibility index (Phi) is 3.43. The monoisotopic (exact) mass is 211 g/mol. The molecule has 0 aliphatic carbocycles. The first-order valence-corrected chi connectivity index (χ1v) is 4.65. The molecule has 0 atom stereocenters. The lowest BCUT2D eigenvalue weighted by Gasteiger charge is -2.04. The molecule has 6 nitrogen and oxygen atoms in total. The lowest BCUT2D eigenvalue weighted by atomic mass is 10.2. The number of nitrogens with one attached hydrogen (secondary N) is 1. The van der Waals surface area contributed by atoms with Gasteiger partial charge in [0.1, 0.15) is 0 Å². The molecule has 0 saturated heterocycles. The SMILES string of the molecule is CCc1cn(CCC(N)=O)c(=O)[nH]c1=O. The van der Waals surface area contributed by atoms with Crippen LogP contribution in [0.25, 0.3) is 0 Å². The molecule has 0 bridgehead atoms. The van der Waals surface area contributed by atoms with Crippen molar-refractivity contribution in [1.29, 1.82) is 0 Å². The first-order chi connectivity index (χ1) is 7.04. The van der Waals surface area contributed by atoms with Crippen molar-refractivity contribution in [2.24, 2.45) is 5.73 Å². The Bertz CT molecular complexity index is 472. The van der Waals surface area contributed by atoms with Crippen molar-refractivity contribution in [2.45, 2.75) is 26.3 Å². The lowest BCUT2D eigenvalue weighted by molar-refractivity contribution is -0.118. The quantitative estimate of drug-likeness (QED) is 0.666. The molecule has 1 aromatic rings. The number of amides is 1. The average Bonchev–Trinajstić information content (AvgIpc) is 2.16. The molecule has 1 amide bonds. The summed E-state index contributed by atoms with van der Waals surface area (Å²) in [4.78, 5) is 35.2. The van der Waals surface area contributed by atoms with Crippen LogP contribution in [0.2, 0.25) is 0 Å². The van der Waals surface area contributed by atoms with Crippen LogP contribution in [0, 0.1) is 0 Å². The predicted octanol–water partition coefficient (Wildman–Crippen LogP) is -1.03. The maximum atomic E-state index is 11.3. The predicted molar refractivity (Wildman–Crippen MR) is 54.5 cm³/mol. The molecule has 3 N–H and O–H groups in total. The molecule has 0 radical (unpaired) electrons. The van der Waals surface area contributed by atoms with E-state index in [1.54, 1.807) is 0 Å². The summed E-state index contributed by atoms with van der Waals surface area (Å²) in [5, 5.41) is 0. The third-order valence-corrected chi connectivity index (χ3v) is 2.06. The molecule has 1 aromatic heterocycles. The topological polar surface area (TPSA) is 97.9 Å². The number of carbonyl (C=O) groups excluding carboxylic acids is 1. The van der Waals surface area contributed by atoms with E-state index < -0.39 is 11.6 Å². The standard InChI is InChI=1S/C9H13N3O3/c1-2-6-5-12(4-3-7(10)13)9(15)11-8(6)14/h5H,2-4H2,1H3,(H2,10,13)(H,11,14,15). The number of aromatic amines is 1. The van der Waals surface area contributed by atoms with Crippen LogP contribution >= 0.6 is 0 Å². The summed E-state index contributed by atoms with van der Waals surface area (Å²) in [5.74, 6) is -0.480. The van der Waals surface area contributed by atoms with Gasteiger partial charge in [0.25, 0.3) is 5.56 Å². The average molecular weight is 211 g/mol. The zero-order chi connectivity index (χ0) is 11.4. The molecular formula is C9H13N3O3. The van der Waals surface area contributed by atoms with Crippen molar-refractivity contribution in [3.8, 4) is 0 Å². The highest BCUT2D eigenvalue weighted by Crippen LogP contribution is 1.90. The van der Waals surface area contributed by atoms with E-state index in [1.807, 2.05) is 6.92 Å². The Labute approximate surface area is 85.7 Å². The van der Waals surface area contributed by atoms with Crippen LogP contribution in [0.4, 0.5) is 0 Å². The smallest absolute Gasteiger partial charge is 0.328 e. The van der Waals surface area contributed by atoms with E-state index in [0.717, 1.165) is 0 Å². The summed E-state index contributed by atoms with van der Waals surface area (Å²) >= 11 is 0. The van der Waals surface area contributed by atoms with Crippen molar-refractivity contribution < 1.29 is 4.79 Å². The summed E-state index contributed by atoms with van der Waals surface area (Å²) in [5.41, 5.74) is 4.59. The Morgan fingerprint density at radius 1 is 1.53 bits per heavy atom. The van der Waals surface area contributed by atoms with Gasteiger partial charge >= 0.3 is 5.69 Å². The zero-order valence-electron chi connectivity index (χ0n) is 8.45. The number of aromatic nitrogens is 2.